The first kappa shape index (κ1) is 17.4. The summed E-state index contributed by atoms with van der Waals surface area (Å²) in [6, 6.07) is 0.251. The van der Waals surface area contributed by atoms with Crippen LogP contribution in [0.3, 0.4) is 0 Å². The first-order valence-electron chi connectivity index (χ1n) is 8.18. The van der Waals surface area contributed by atoms with Gasteiger partial charge < -0.3 is 11.1 Å². The third-order valence-electron chi connectivity index (χ3n) is 5.20. The molecule has 0 aromatic rings. The molecule has 1 aliphatic carbocycles. The van der Waals surface area contributed by atoms with Gasteiger partial charge in [-0.2, -0.15) is 0 Å². The molecular formula is C16H33N3O. The molecule has 0 aromatic heterocycles. The van der Waals surface area contributed by atoms with Crippen LogP contribution < -0.4 is 11.1 Å². The second kappa shape index (κ2) is 7.99. The van der Waals surface area contributed by atoms with Gasteiger partial charge in [-0.15, -0.1) is 0 Å². The summed E-state index contributed by atoms with van der Waals surface area (Å²) in [7, 11) is 2.05. The van der Waals surface area contributed by atoms with Crippen LogP contribution in [-0.4, -0.2) is 42.5 Å². The largest absolute Gasteiger partial charge is 0.353 e. The van der Waals surface area contributed by atoms with E-state index in [1.54, 1.807) is 0 Å². The second-order valence-corrected chi connectivity index (χ2v) is 6.51. The minimum atomic E-state index is 0.0263. The van der Waals surface area contributed by atoms with Crippen LogP contribution >= 0.6 is 0 Å². The maximum Gasteiger partial charge on any atom is 0.234 e. The van der Waals surface area contributed by atoms with Gasteiger partial charge in [-0.3, -0.25) is 9.69 Å². The van der Waals surface area contributed by atoms with Gasteiger partial charge in [-0.25, -0.2) is 0 Å². The highest BCUT2D eigenvalue weighted by Crippen LogP contribution is 2.36. The Morgan fingerprint density at radius 3 is 2.45 bits per heavy atom. The van der Waals surface area contributed by atoms with E-state index in [9.17, 15) is 4.79 Å². The van der Waals surface area contributed by atoms with E-state index >= 15 is 0 Å². The second-order valence-electron chi connectivity index (χ2n) is 6.51. The molecule has 0 aromatic carbocycles. The number of rotatable bonds is 7. The van der Waals surface area contributed by atoms with E-state index in [4.69, 9.17) is 5.73 Å². The Bertz CT molecular complexity index is 298. The van der Waals surface area contributed by atoms with E-state index in [-0.39, 0.29) is 17.5 Å². The van der Waals surface area contributed by atoms with Crippen molar-refractivity contribution in [3.05, 3.63) is 0 Å². The molecule has 0 bridgehead atoms. The molecule has 1 saturated carbocycles. The summed E-state index contributed by atoms with van der Waals surface area (Å²) in [4.78, 5) is 14.2. The smallest absolute Gasteiger partial charge is 0.234 e. The van der Waals surface area contributed by atoms with Crippen LogP contribution in [0.2, 0.25) is 0 Å². The molecule has 0 aliphatic heterocycles. The van der Waals surface area contributed by atoms with E-state index in [1.807, 2.05) is 6.92 Å². The number of hydrogen-bond donors (Lipinski definition) is 2. The number of amides is 1. The first-order chi connectivity index (χ1) is 9.47. The summed E-state index contributed by atoms with van der Waals surface area (Å²) in [5, 5.41) is 3.04. The highest BCUT2D eigenvalue weighted by atomic mass is 16.2. The Morgan fingerprint density at radius 1 is 1.40 bits per heavy atom. The van der Waals surface area contributed by atoms with Crippen molar-refractivity contribution in [2.75, 3.05) is 20.1 Å². The number of nitrogens with two attached hydrogens (primary N) is 1. The number of carbonyl (C=O) groups excluding carboxylic acids is 1. The van der Waals surface area contributed by atoms with Gasteiger partial charge in [0.05, 0.1) is 6.54 Å². The van der Waals surface area contributed by atoms with Crippen molar-refractivity contribution in [3.63, 3.8) is 0 Å². The number of nitrogens with zero attached hydrogens (tertiary/aromatic N) is 1. The summed E-state index contributed by atoms with van der Waals surface area (Å²) in [5.74, 6) is 0.962. The van der Waals surface area contributed by atoms with Gasteiger partial charge in [0.25, 0.3) is 0 Å². The zero-order valence-electron chi connectivity index (χ0n) is 13.7. The minimum Gasteiger partial charge on any atom is -0.353 e. The van der Waals surface area contributed by atoms with Crippen molar-refractivity contribution in [2.45, 2.75) is 70.9 Å². The first-order valence-corrected chi connectivity index (χ1v) is 8.18. The van der Waals surface area contributed by atoms with Crippen LogP contribution in [0.1, 0.15) is 59.3 Å². The standard InChI is InChI=1S/C16H33N3O/c1-5-13(3)18-15(20)11-19(4)16(12-17)9-7-14(6-2)8-10-16/h13-14H,5-12,17H2,1-4H3,(H,18,20). The monoisotopic (exact) mass is 283 g/mol. The lowest BCUT2D eigenvalue weighted by Crippen LogP contribution is -2.56. The average Bonchev–Trinajstić information content (AvgIpc) is 2.46. The lowest BCUT2D eigenvalue weighted by Gasteiger charge is -2.45. The Morgan fingerprint density at radius 2 is 2.00 bits per heavy atom. The Balaban J connectivity index is 2.54. The summed E-state index contributed by atoms with van der Waals surface area (Å²) in [5.41, 5.74) is 6.08. The molecule has 4 nitrogen and oxygen atoms in total. The van der Waals surface area contributed by atoms with Crippen molar-refractivity contribution in [1.82, 2.24) is 10.2 Å². The van der Waals surface area contributed by atoms with Crippen LogP contribution in [0.4, 0.5) is 0 Å². The van der Waals surface area contributed by atoms with Crippen molar-refractivity contribution in [2.24, 2.45) is 11.7 Å². The fraction of sp³-hybridized carbons (Fsp3) is 0.938. The van der Waals surface area contributed by atoms with Crippen molar-refractivity contribution in [1.29, 1.82) is 0 Å². The van der Waals surface area contributed by atoms with Crippen LogP contribution in [-0.2, 0) is 4.79 Å². The van der Waals surface area contributed by atoms with Crippen molar-refractivity contribution in [3.8, 4) is 0 Å². The van der Waals surface area contributed by atoms with E-state index in [0.29, 0.717) is 13.1 Å². The molecule has 1 unspecified atom stereocenters. The maximum atomic E-state index is 12.1. The molecule has 0 spiro atoms. The van der Waals surface area contributed by atoms with Crippen LogP contribution in [0.5, 0.6) is 0 Å². The topological polar surface area (TPSA) is 58.4 Å². The normalized spacial score (nSPS) is 28.4. The Labute approximate surface area is 124 Å². The van der Waals surface area contributed by atoms with E-state index in [1.165, 1.54) is 19.3 Å². The SMILES string of the molecule is CCC1CCC(CN)(N(C)CC(=O)NC(C)CC)CC1. The van der Waals surface area contributed by atoms with Gasteiger partial charge in [0.15, 0.2) is 0 Å². The highest BCUT2D eigenvalue weighted by molar-refractivity contribution is 5.78. The molecule has 3 N–H and O–H groups in total. The number of carbonyl (C=O) groups is 1. The van der Waals surface area contributed by atoms with Crippen molar-refractivity contribution < 1.29 is 4.79 Å². The van der Waals surface area contributed by atoms with E-state index in [2.05, 4.69) is 31.1 Å². The molecule has 20 heavy (non-hydrogen) atoms. The molecule has 1 atom stereocenters. The molecule has 1 aliphatic rings. The van der Waals surface area contributed by atoms with Gasteiger partial charge in [0.2, 0.25) is 5.91 Å². The third kappa shape index (κ3) is 4.45. The summed E-state index contributed by atoms with van der Waals surface area (Å²) < 4.78 is 0. The minimum absolute atomic E-state index is 0.0263. The lowest BCUT2D eigenvalue weighted by atomic mass is 9.74. The summed E-state index contributed by atoms with van der Waals surface area (Å²) >= 11 is 0. The zero-order valence-corrected chi connectivity index (χ0v) is 13.7. The average molecular weight is 283 g/mol. The molecule has 1 fully saturated rings. The fourth-order valence-corrected chi connectivity index (χ4v) is 3.17. The maximum absolute atomic E-state index is 12.1. The third-order valence-corrected chi connectivity index (χ3v) is 5.20. The van der Waals surface area contributed by atoms with E-state index in [0.717, 1.165) is 25.2 Å². The van der Waals surface area contributed by atoms with Gasteiger partial charge >= 0.3 is 0 Å². The van der Waals surface area contributed by atoms with Gasteiger partial charge in [-0.05, 0) is 52.0 Å². The summed E-state index contributed by atoms with van der Waals surface area (Å²) in [6.45, 7) is 7.50. The number of hydrogen-bond acceptors (Lipinski definition) is 3. The number of likely N-dealkylation sites (N-methyl/N-ethyl adjacent to an activating group) is 1. The molecular weight excluding hydrogens is 250 g/mol. The van der Waals surface area contributed by atoms with Crippen molar-refractivity contribution >= 4 is 5.91 Å². The van der Waals surface area contributed by atoms with Crippen LogP contribution in [0, 0.1) is 5.92 Å². The Hall–Kier alpha value is -0.610. The zero-order chi connectivity index (χ0) is 15.2. The quantitative estimate of drug-likeness (QED) is 0.752. The molecule has 118 valence electrons. The van der Waals surface area contributed by atoms with Crippen LogP contribution in [0.25, 0.3) is 0 Å². The fourth-order valence-electron chi connectivity index (χ4n) is 3.17. The Kier molecular flexibility index (Phi) is 6.96. The highest BCUT2D eigenvalue weighted by Gasteiger charge is 2.37. The van der Waals surface area contributed by atoms with E-state index < -0.39 is 0 Å². The van der Waals surface area contributed by atoms with Gasteiger partial charge in [0, 0.05) is 18.1 Å². The van der Waals surface area contributed by atoms with Crippen LogP contribution in [0.15, 0.2) is 0 Å². The lowest BCUT2D eigenvalue weighted by molar-refractivity contribution is -0.124. The molecule has 0 heterocycles. The molecule has 0 saturated heterocycles. The van der Waals surface area contributed by atoms with Gasteiger partial charge in [0.1, 0.15) is 0 Å². The molecule has 1 rings (SSSR count). The number of nitrogens with one attached hydrogen (secondary N) is 1. The predicted molar refractivity (Wildman–Crippen MR) is 84.6 cm³/mol. The molecule has 4 heteroatoms. The predicted octanol–water partition coefficient (Wildman–Crippen LogP) is 2.13. The van der Waals surface area contributed by atoms with Gasteiger partial charge in [-0.1, -0.05) is 20.3 Å². The molecule has 0 radical (unpaired) electrons. The molecule has 1 amide bonds. The summed E-state index contributed by atoms with van der Waals surface area (Å²) in [6.07, 6.45) is 6.95.